The van der Waals surface area contributed by atoms with E-state index < -0.39 is 17.6 Å². The van der Waals surface area contributed by atoms with Gasteiger partial charge in [0.25, 0.3) is 5.91 Å². The molecule has 37 heavy (non-hydrogen) atoms. The fourth-order valence-corrected chi connectivity index (χ4v) is 3.69. The first kappa shape index (κ1) is 34.1. The van der Waals surface area contributed by atoms with Crippen molar-refractivity contribution < 1.29 is 18.8 Å². The number of rotatable bonds is 6. The Labute approximate surface area is 230 Å². The van der Waals surface area contributed by atoms with Gasteiger partial charge in [0.05, 0.1) is 5.56 Å². The van der Waals surface area contributed by atoms with Crippen molar-refractivity contribution in [2.75, 3.05) is 38.3 Å². The predicted molar refractivity (Wildman–Crippen MR) is 153 cm³/mol. The molecule has 0 radical (unpaired) electrons. The van der Waals surface area contributed by atoms with Gasteiger partial charge in [0.1, 0.15) is 11.7 Å². The van der Waals surface area contributed by atoms with Crippen LogP contribution >= 0.6 is 24.2 Å². The maximum absolute atomic E-state index is 14.4. The summed E-state index contributed by atoms with van der Waals surface area (Å²) in [7, 11) is 0. The Balaban J connectivity index is 0.00000201. The standard InChI is InChI=1S/C22H22ClFN4O3.2C2H6.CH4S/c23-13-20(29)27-7-9-28(10-8-27)22(31)17-11-14(5-6-18(17)24)12-19(25)15-3-1-2-4-16(15)21(26)30;3*1-2/h1-6,11,25H,7-10,12-13H2,(H2,26,30);2*1-2H3;2H,1H3. The molecule has 1 saturated heterocycles. The van der Waals surface area contributed by atoms with E-state index in [-0.39, 0.29) is 48.1 Å². The summed E-state index contributed by atoms with van der Waals surface area (Å²) in [5.74, 6) is -2.08. The van der Waals surface area contributed by atoms with Crippen LogP contribution in [-0.4, -0.2) is 71.5 Å². The second kappa shape index (κ2) is 18.4. The summed E-state index contributed by atoms with van der Waals surface area (Å²) in [5.41, 5.74) is 6.61. The summed E-state index contributed by atoms with van der Waals surface area (Å²) in [5, 5.41) is 8.36. The Morgan fingerprint density at radius 1 is 0.919 bits per heavy atom. The molecule has 10 heteroatoms. The molecule has 1 aliphatic heterocycles. The number of nitrogens with one attached hydrogen (secondary N) is 1. The summed E-state index contributed by atoms with van der Waals surface area (Å²) in [4.78, 5) is 39.2. The van der Waals surface area contributed by atoms with Crippen LogP contribution in [0.1, 0.15) is 59.5 Å². The first-order valence-electron chi connectivity index (χ1n) is 12.1. The number of amides is 3. The SMILES string of the molecule is CC.CC.CS.N=C(Cc1ccc(F)c(C(=O)N2CCN(C(=O)CCl)CC2)c1)c1ccccc1C(N)=O. The normalized spacial score (nSPS) is 12.0. The summed E-state index contributed by atoms with van der Waals surface area (Å²) in [6.45, 7) is 9.25. The van der Waals surface area contributed by atoms with Gasteiger partial charge in [0.15, 0.2) is 0 Å². The number of carbonyl (C=O) groups is 3. The zero-order valence-corrected chi connectivity index (χ0v) is 23.8. The molecule has 1 fully saturated rings. The van der Waals surface area contributed by atoms with Crippen LogP contribution in [0.2, 0.25) is 0 Å². The predicted octanol–water partition coefficient (Wildman–Crippen LogP) is 4.66. The van der Waals surface area contributed by atoms with E-state index in [1.807, 2.05) is 27.7 Å². The van der Waals surface area contributed by atoms with Crippen LogP contribution in [0, 0.1) is 11.2 Å². The average molecular weight is 553 g/mol. The smallest absolute Gasteiger partial charge is 0.256 e. The van der Waals surface area contributed by atoms with Crippen molar-refractivity contribution in [3.05, 3.63) is 70.5 Å². The van der Waals surface area contributed by atoms with Crippen molar-refractivity contribution >= 4 is 47.7 Å². The topological polar surface area (TPSA) is 108 Å². The van der Waals surface area contributed by atoms with E-state index in [4.69, 9.17) is 22.7 Å². The maximum Gasteiger partial charge on any atom is 0.256 e. The summed E-state index contributed by atoms with van der Waals surface area (Å²) < 4.78 is 14.4. The highest BCUT2D eigenvalue weighted by Crippen LogP contribution is 2.18. The van der Waals surface area contributed by atoms with E-state index in [9.17, 15) is 18.8 Å². The van der Waals surface area contributed by atoms with Gasteiger partial charge in [-0.05, 0) is 30.0 Å². The number of halogens is 2. The van der Waals surface area contributed by atoms with Gasteiger partial charge < -0.3 is 20.9 Å². The molecule has 1 heterocycles. The van der Waals surface area contributed by atoms with Crippen LogP contribution in [0.3, 0.4) is 0 Å². The molecule has 3 N–H and O–H groups in total. The Morgan fingerprint density at radius 2 is 1.43 bits per heavy atom. The molecule has 2 aromatic rings. The van der Waals surface area contributed by atoms with Gasteiger partial charge in [-0.1, -0.05) is 52.0 Å². The third-order valence-electron chi connectivity index (χ3n) is 5.19. The lowest BCUT2D eigenvalue weighted by atomic mass is 9.96. The first-order valence-corrected chi connectivity index (χ1v) is 13.6. The van der Waals surface area contributed by atoms with Crippen LogP contribution in [-0.2, 0) is 11.2 Å². The minimum atomic E-state index is -0.655. The van der Waals surface area contributed by atoms with Gasteiger partial charge in [-0.2, -0.15) is 12.6 Å². The molecule has 3 amide bonds. The molecule has 3 rings (SSSR count). The number of carbonyl (C=O) groups excluding carboxylic acids is 3. The molecule has 2 aromatic carbocycles. The Hall–Kier alpha value is -2.91. The van der Waals surface area contributed by atoms with E-state index in [1.54, 1.807) is 35.4 Å². The fraction of sp³-hybridized carbons (Fsp3) is 0.407. The van der Waals surface area contributed by atoms with Gasteiger partial charge in [-0.15, -0.1) is 11.6 Å². The van der Waals surface area contributed by atoms with Gasteiger partial charge >= 0.3 is 0 Å². The van der Waals surface area contributed by atoms with Gasteiger partial charge in [-0.25, -0.2) is 4.39 Å². The lowest BCUT2D eigenvalue weighted by Crippen LogP contribution is -2.51. The number of nitrogens with two attached hydrogens (primary N) is 1. The van der Waals surface area contributed by atoms with Gasteiger partial charge in [0.2, 0.25) is 11.8 Å². The second-order valence-corrected chi connectivity index (χ2v) is 7.45. The molecular formula is C27H38ClFN4O3S. The Kier molecular flexibility index (Phi) is 16.9. The first-order chi connectivity index (χ1) is 17.8. The van der Waals surface area contributed by atoms with Crippen molar-refractivity contribution in [3.63, 3.8) is 0 Å². The fourth-order valence-electron chi connectivity index (χ4n) is 3.52. The second-order valence-electron chi connectivity index (χ2n) is 7.19. The minimum Gasteiger partial charge on any atom is -0.366 e. The quantitative estimate of drug-likeness (QED) is 0.275. The molecule has 0 saturated carbocycles. The van der Waals surface area contributed by atoms with Crippen LogP contribution in [0.15, 0.2) is 42.5 Å². The highest BCUT2D eigenvalue weighted by molar-refractivity contribution is 7.79. The van der Waals surface area contributed by atoms with Crippen molar-refractivity contribution in [1.29, 1.82) is 5.41 Å². The number of alkyl halides is 1. The number of nitrogens with zero attached hydrogens (tertiary/aromatic N) is 2. The zero-order valence-electron chi connectivity index (χ0n) is 22.2. The Morgan fingerprint density at radius 3 is 1.95 bits per heavy atom. The molecule has 0 aromatic heterocycles. The van der Waals surface area contributed by atoms with E-state index >= 15 is 0 Å². The number of primary amides is 1. The van der Waals surface area contributed by atoms with Crippen molar-refractivity contribution in [2.45, 2.75) is 34.1 Å². The molecule has 1 aliphatic rings. The number of thiol groups is 1. The molecule has 0 atom stereocenters. The number of hydrogen-bond donors (Lipinski definition) is 3. The lowest BCUT2D eigenvalue weighted by Gasteiger charge is -2.34. The van der Waals surface area contributed by atoms with Crippen molar-refractivity contribution in [2.24, 2.45) is 5.73 Å². The minimum absolute atomic E-state index is 0.0920. The average Bonchev–Trinajstić information content (AvgIpc) is 2.96. The van der Waals surface area contributed by atoms with E-state index in [0.29, 0.717) is 24.2 Å². The number of benzene rings is 2. The van der Waals surface area contributed by atoms with E-state index in [2.05, 4.69) is 12.6 Å². The third-order valence-corrected chi connectivity index (χ3v) is 5.42. The summed E-state index contributed by atoms with van der Waals surface area (Å²) in [6, 6.07) is 10.7. The monoisotopic (exact) mass is 552 g/mol. The molecule has 0 spiro atoms. The maximum atomic E-state index is 14.4. The molecule has 204 valence electrons. The number of piperazine rings is 1. The third kappa shape index (κ3) is 9.81. The van der Waals surface area contributed by atoms with E-state index in [1.165, 1.54) is 23.1 Å². The van der Waals surface area contributed by atoms with Gasteiger partial charge in [0, 0.05) is 49.4 Å². The Bertz CT molecular complexity index is 1040. The van der Waals surface area contributed by atoms with Crippen LogP contribution in [0.5, 0.6) is 0 Å². The molecule has 0 aliphatic carbocycles. The van der Waals surface area contributed by atoms with Crippen LogP contribution < -0.4 is 5.73 Å². The van der Waals surface area contributed by atoms with Crippen molar-refractivity contribution in [3.8, 4) is 0 Å². The van der Waals surface area contributed by atoms with Crippen molar-refractivity contribution in [1.82, 2.24) is 9.80 Å². The summed E-state index contributed by atoms with van der Waals surface area (Å²) in [6.07, 6.45) is 1.79. The molecular weight excluding hydrogens is 515 g/mol. The largest absolute Gasteiger partial charge is 0.366 e. The molecule has 0 bridgehead atoms. The lowest BCUT2D eigenvalue weighted by molar-refractivity contribution is -0.129. The highest BCUT2D eigenvalue weighted by Gasteiger charge is 2.26. The molecule has 0 unspecified atom stereocenters. The van der Waals surface area contributed by atoms with Crippen LogP contribution in [0.4, 0.5) is 4.39 Å². The zero-order chi connectivity index (χ0) is 28.5. The highest BCUT2D eigenvalue weighted by atomic mass is 35.5. The van der Waals surface area contributed by atoms with Gasteiger partial charge in [-0.3, -0.25) is 14.4 Å². The molecule has 7 nitrogen and oxygen atoms in total. The number of hydrogen-bond acceptors (Lipinski definition) is 5. The van der Waals surface area contributed by atoms with Crippen LogP contribution in [0.25, 0.3) is 0 Å². The van der Waals surface area contributed by atoms with E-state index in [0.717, 1.165) is 0 Å². The summed E-state index contributed by atoms with van der Waals surface area (Å²) >= 11 is 9.09.